The summed E-state index contributed by atoms with van der Waals surface area (Å²) in [7, 11) is 0. The summed E-state index contributed by atoms with van der Waals surface area (Å²) in [6, 6.07) is 0. The van der Waals surface area contributed by atoms with Crippen molar-refractivity contribution in [3.63, 3.8) is 0 Å². The summed E-state index contributed by atoms with van der Waals surface area (Å²) in [6.45, 7) is 4.53. The maximum absolute atomic E-state index is 2.28. The Hall–Kier alpha value is 1.28. The van der Waals surface area contributed by atoms with Gasteiger partial charge in [-0.1, -0.05) is 60.9 Å². The SMILES string of the molecule is CCCSC1=C(SCCC)SC(=C2Sc3cscc3S2)S1. The molecule has 1 aromatic heterocycles. The zero-order chi connectivity index (χ0) is 14.7. The predicted octanol–water partition coefficient (Wildman–Crippen LogP) is 7.97. The fraction of sp³-hybridized carbons (Fsp3) is 0.429. The highest BCUT2D eigenvalue weighted by atomic mass is 32.3. The monoisotopic (exact) mass is 408 g/mol. The summed E-state index contributed by atoms with van der Waals surface area (Å²) in [4.78, 5) is 2.90. The van der Waals surface area contributed by atoms with Gasteiger partial charge in [0.15, 0.2) is 0 Å². The van der Waals surface area contributed by atoms with Crippen LogP contribution in [0.3, 0.4) is 0 Å². The normalized spacial score (nSPS) is 18.0. The van der Waals surface area contributed by atoms with Crippen LogP contribution in [0.5, 0.6) is 0 Å². The number of rotatable bonds is 6. The summed E-state index contributed by atoms with van der Waals surface area (Å²) in [5.74, 6) is 2.46. The molecular formula is C14H16S7. The van der Waals surface area contributed by atoms with Gasteiger partial charge in [-0.2, -0.15) is 11.3 Å². The standard InChI is InChI=1S/C14H16S7/c1-3-5-16-11-12(17-6-4-2)21-14(20-11)13-18-9-7-15-8-10(9)19-13/h7-8H,3-6H2,1-2H3. The third-order valence-corrected chi connectivity index (χ3v) is 12.6. The molecule has 0 saturated carbocycles. The molecule has 7 heteroatoms. The van der Waals surface area contributed by atoms with Gasteiger partial charge in [0.25, 0.3) is 0 Å². The molecule has 0 radical (unpaired) electrons. The van der Waals surface area contributed by atoms with Crippen LogP contribution in [-0.2, 0) is 0 Å². The third-order valence-electron chi connectivity index (χ3n) is 2.58. The molecular weight excluding hydrogens is 393 g/mol. The van der Waals surface area contributed by atoms with E-state index in [4.69, 9.17) is 0 Å². The molecule has 114 valence electrons. The zero-order valence-corrected chi connectivity index (χ0v) is 17.6. The molecule has 0 saturated heterocycles. The van der Waals surface area contributed by atoms with Crippen molar-refractivity contribution in [2.24, 2.45) is 0 Å². The molecule has 1 aromatic rings. The molecule has 0 unspecified atom stereocenters. The van der Waals surface area contributed by atoms with Crippen LogP contribution in [0.15, 0.2) is 37.5 Å². The molecule has 2 aliphatic rings. The van der Waals surface area contributed by atoms with Crippen LogP contribution in [-0.4, -0.2) is 11.5 Å². The Morgan fingerprint density at radius 3 is 1.71 bits per heavy atom. The van der Waals surface area contributed by atoms with Crippen molar-refractivity contribution in [3.8, 4) is 0 Å². The van der Waals surface area contributed by atoms with Crippen LogP contribution in [0, 0.1) is 0 Å². The van der Waals surface area contributed by atoms with Gasteiger partial charge in [-0.05, 0) is 24.3 Å². The summed E-state index contributed by atoms with van der Waals surface area (Å²) in [6.07, 6.45) is 2.50. The van der Waals surface area contributed by atoms with Gasteiger partial charge in [0, 0.05) is 20.6 Å². The van der Waals surface area contributed by atoms with Gasteiger partial charge in [0.05, 0.1) is 16.9 Å². The van der Waals surface area contributed by atoms with Crippen LogP contribution in [0.4, 0.5) is 0 Å². The third kappa shape index (κ3) is 4.22. The van der Waals surface area contributed by atoms with Crippen LogP contribution in [0.25, 0.3) is 0 Å². The maximum atomic E-state index is 2.28. The Bertz CT molecular complexity index is 525. The van der Waals surface area contributed by atoms with E-state index in [9.17, 15) is 0 Å². The highest BCUT2D eigenvalue weighted by Gasteiger charge is 2.29. The second kappa shape index (κ2) is 8.40. The maximum Gasteiger partial charge on any atom is 0.0717 e. The van der Waals surface area contributed by atoms with Crippen LogP contribution in [0.1, 0.15) is 26.7 Å². The van der Waals surface area contributed by atoms with Crippen molar-refractivity contribution in [2.45, 2.75) is 36.5 Å². The van der Waals surface area contributed by atoms with E-state index >= 15 is 0 Å². The summed E-state index contributed by atoms with van der Waals surface area (Å²) >= 11 is 13.8. The molecule has 0 aliphatic carbocycles. The fourth-order valence-corrected chi connectivity index (χ4v) is 11.3. The van der Waals surface area contributed by atoms with E-state index in [1.165, 1.54) is 42.6 Å². The number of thioether (sulfide) groups is 6. The first-order valence-corrected chi connectivity index (χ1v) is 13.0. The highest BCUT2D eigenvalue weighted by Crippen LogP contribution is 2.64. The van der Waals surface area contributed by atoms with E-state index in [1.54, 1.807) is 8.47 Å². The minimum Gasteiger partial charge on any atom is -0.150 e. The van der Waals surface area contributed by atoms with E-state index in [0.29, 0.717) is 0 Å². The van der Waals surface area contributed by atoms with E-state index in [2.05, 4.69) is 24.6 Å². The molecule has 0 atom stereocenters. The Morgan fingerprint density at radius 1 is 0.762 bits per heavy atom. The van der Waals surface area contributed by atoms with E-state index < -0.39 is 0 Å². The molecule has 3 rings (SSSR count). The smallest absolute Gasteiger partial charge is 0.0717 e. The van der Waals surface area contributed by atoms with Gasteiger partial charge in [0.1, 0.15) is 0 Å². The lowest BCUT2D eigenvalue weighted by molar-refractivity contribution is 1.11. The summed E-state index contributed by atoms with van der Waals surface area (Å²) < 4.78 is 6.07. The van der Waals surface area contributed by atoms with Crippen LogP contribution < -0.4 is 0 Å². The predicted molar refractivity (Wildman–Crippen MR) is 111 cm³/mol. The second-order valence-corrected chi connectivity index (χ2v) is 12.5. The lowest BCUT2D eigenvalue weighted by atomic mass is 10.6. The van der Waals surface area contributed by atoms with E-state index in [-0.39, 0.29) is 0 Å². The first-order valence-electron chi connectivity index (χ1n) is 6.83. The Labute approximate surface area is 156 Å². The second-order valence-electron chi connectivity index (χ2n) is 4.36. The molecule has 0 bridgehead atoms. The Kier molecular flexibility index (Phi) is 6.85. The first-order chi connectivity index (χ1) is 10.3. The van der Waals surface area contributed by atoms with Crippen molar-refractivity contribution >= 4 is 81.9 Å². The van der Waals surface area contributed by atoms with Gasteiger partial charge < -0.3 is 0 Å². The molecule has 0 aromatic carbocycles. The molecule has 3 heterocycles. The van der Waals surface area contributed by atoms with Gasteiger partial charge in [-0.15, -0.1) is 23.5 Å². The molecule has 0 fully saturated rings. The Balaban J connectivity index is 1.72. The van der Waals surface area contributed by atoms with E-state index in [1.807, 2.05) is 81.9 Å². The van der Waals surface area contributed by atoms with Crippen molar-refractivity contribution < 1.29 is 0 Å². The van der Waals surface area contributed by atoms with Crippen molar-refractivity contribution in [1.82, 2.24) is 0 Å². The number of fused-ring (bicyclic) bond motifs is 1. The summed E-state index contributed by atoms with van der Waals surface area (Å²) in [5, 5.41) is 4.55. The lowest BCUT2D eigenvalue weighted by Gasteiger charge is -2.02. The molecule has 0 amide bonds. The minimum absolute atomic E-state index is 1.23. The minimum atomic E-state index is 1.23. The van der Waals surface area contributed by atoms with Gasteiger partial charge in [-0.3, -0.25) is 0 Å². The number of hydrogen-bond donors (Lipinski definition) is 0. The van der Waals surface area contributed by atoms with Gasteiger partial charge in [0.2, 0.25) is 0 Å². The quantitative estimate of drug-likeness (QED) is 0.464. The Morgan fingerprint density at radius 2 is 1.24 bits per heavy atom. The molecule has 0 nitrogen and oxygen atoms in total. The van der Waals surface area contributed by atoms with Crippen molar-refractivity contribution in [1.29, 1.82) is 0 Å². The van der Waals surface area contributed by atoms with Gasteiger partial charge in [-0.25, -0.2) is 0 Å². The van der Waals surface area contributed by atoms with Crippen LogP contribution in [0.2, 0.25) is 0 Å². The molecule has 0 N–H and O–H groups in total. The highest BCUT2D eigenvalue weighted by molar-refractivity contribution is 8.42. The van der Waals surface area contributed by atoms with Crippen LogP contribution >= 0.6 is 81.9 Å². The number of hydrogen-bond acceptors (Lipinski definition) is 7. The molecule has 2 aliphatic heterocycles. The summed E-state index contributed by atoms with van der Waals surface area (Å²) in [5.41, 5.74) is 0. The molecule has 0 spiro atoms. The number of thiophene rings is 1. The molecule has 21 heavy (non-hydrogen) atoms. The first kappa shape index (κ1) is 17.1. The van der Waals surface area contributed by atoms with E-state index in [0.717, 1.165) is 0 Å². The lowest BCUT2D eigenvalue weighted by Crippen LogP contribution is -1.77. The topological polar surface area (TPSA) is 0 Å². The average molecular weight is 409 g/mol. The fourth-order valence-electron chi connectivity index (χ4n) is 1.65. The van der Waals surface area contributed by atoms with Crippen molar-refractivity contribution in [2.75, 3.05) is 11.5 Å². The van der Waals surface area contributed by atoms with Crippen molar-refractivity contribution in [3.05, 3.63) is 27.7 Å². The zero-order valence-electron chi connectivity index (χ0n) is 11.8. The largest absolute Gasteiger partial charge is 0.150 e. The van der Waals surface area contributed by atoms with Gasteiger partial charge >= 0.3 is 0 Å². The average Bonchev–Trinajstić information content (AvgIpc) is 3.16.